The molecular formula is C14H22O3Si. The van der Waals surface area contributed by atoms with Crippen LogP contribution in [0.15, 0.2) is 16.5 Å². The Labute approximate surface area is 110 Å². The molecule has 1 rings (SSSR count). The molecule has 0 spiro atoms. The summed E-state index contributed by atoms with van der Waals surface area (Å²) >= 11 is 0. The molecule has 18 heavy (non-hydrogen) atoms. The van der Waals surface area contributed by atoms with Crippen LogP contribution in [-0.4, -0.2) is 13.4 Å². The summed E-state index contributed by atoms with van der Waals surface area (Å²) in [5.74, 6) is 3.31. The van der Waals surface area contributed by atoms with Gasteiger partial charge in [0.2, 0.25) is 0 Å². The summed E-state index contributed by atoms with van der Waals surface area (Å²) in [7, 11) is -1.78. The Bertz CT molecular complexity index is 435. The van der Waals surface area contributed by atoms with Gasteiger partial charge in [-0.2, -0.15) is 0 Å². The highest BCUT2D eigenvalue weighted by molar-refractivity contribution is 6.74. The fourth-order valence-electron chi connectivity index (χ4n) is 1.17. The lowest BCUT2D eigenvalue weighted by molar-refractivity contribution is 0.191. The van der Waals surface area contributed by atoms with Crippen LogP contribution in [0.25, 0.3) is 0 Å². The van der Waals surface area contributed by atoms with Crippen molar-refractivity contribution in [3.63, 3.8) is 0 Å². The van der Waals surface area contributed by atoms with E-state index in [2.05, 4.69) is 39.8 Å². The molecule has 0 aliphatic carbocycles. The summed E-state index contributed by atoms with van der Waals surface area (Å²) < 4.78 is 11.5. The molecule has 1 heterocycles. The zero-order valence-corrected chi connectivity index (χ0v) is 12.8. The average molecular weight is 266 g/mol. The van der Waals surface area contributed by atoms with E-state index < -0.39 is 14.4 Å². The van der Waals surface area contributed by atoms with Gasteiger partial charge in [-0.05, 0) is 30.3 Å². The molecule has 0 fully saturated rings. The van der Waals surface area contributed by atoms with Gasteiger partial charge < -0.3 is 13.9 Å². The lowest BCUT2D eigenvalue weighted by Crippen LogP contribution is -2.40. The molecule has 0 saturated heterocycles. The van der Waals surface area contributed by atoms with Crippen LogP contribution in [0.4, 0.5) is 0 Å². The smallest absolute Gasteiger partial charge is 0.192 e. The number of furan rings is 1. The molecule has 1 aromatic rings. The number of aliphatic hydroxyl groups is 1. The minimum Gasteiger partial charge on any atom is -0.460 e. The minimum atomic E-state index is -1.78. The average Bonchev–Trinajstić information content (AvgIpc) is 2.72. The highest BCUT2D eigenvalue weighted by Gasteiger charge is 2.37. The van der Waals surface area contributed by atoms with Gasteiger partial charge in [-0.3, -0.25) is 0 Å². The number of hydrogen-bond acceptors (Lipinski definition) is 3. The molecule has 0 amide bonds. The Morgan fingerprint density at radius 2 is 2.06 bits per heavy atom. The molecule has 0 saturated carbocycles. The van der Waals surface area contributed by atoms with Crippen LogP contribution in [0.3, 0.4) is 0 Å². The maximum atomic E-state index is 9.44. The Balaban J connectivity index is 2.65. The second kappa shape index (κ2) is 5.31. The van der Waals surface area contributed by atoms with Gasteiger partial charge >= 0.3 is 0 Å². The van der Waals surface area contributed by atoms with Gasteiger partial charge in [-0.15, -0.1) is 6.42 Å². The van der Waals surface area contributed by atoms with Gasteiger partial charge in [-0.25, -0.2) is 0 Å². The van der Waals surface area contributed by atoms with Crippen LogP contribution in [0.5, 0.6) is 0 Å². The Morgan fingerprint density at radius 1 is 1.44 bits per heavy atom. The second-order valence-electron chi connectivity index (χ2n) is 5.92. The predicted octanol–water partition coefficient (Wildman–Crippen LogP) is 3.47. The van der Waals surface area contributed by atoms with E-state index in [1.165, 1.54) is 0 Å². The molecule has 3 nitrogen and oxygen atoms in total. The van der Waals surface area contributed by atoms with Crippen LogP contribution in [0, 0.1) is 12.3 Å². The molecule has 4 heteroatoms. The number of aliphatic hydroxyl groups excluding tert-OH is 1. The summed E-state index contributed by atoms with van der Waals surface area (Å²) in [6.45, 7) is 11.4. The van der Waals surface area contributed by atoms with Crippen molar-refractivity contribution in [3.05, 3.63) is 23.7 Å². The van der Waals surface area contributed by atoms with E-state index in [-0.39, 0.29) is 5.04 Å². The van der Waals surface area contributed by atoms with Gasteiger partial charge in [-0.1, -0.05) is 26.7 Å². The standard InChI is InChI=1S/C14H22O3Si/c1-7-12(15)13-9-8-11(17-13)10-16-18(5,6)14(2,3)4/h1,8-9,12,15H,10H2,2-6H3. The first-order valence-electron chi connectivity index (χ1n) is 6.04. The minimum absolute atomic E-state index is 0.167. The third-order valence-corrected chi connectivity index (χ3v) is 7.97. The van der Waals surface area contributed by atoms with Gasteiger partial charge in [0.15, 0.2) is 14.4 Å². The molecular weight excluding hydrogens is 244 g/mol. The van der Waals surface area contributed by atoms with Crippen LogP contribution in [0.1, 0.15) is 38.4 Å². The largest absolute Gasteiger partial charge is 0.460 e. The maximum Gasteiger partial charge on any atom is 0.192 e. The van der Waals surface area contributed by atoms with E-state index in [9.17, 15) is 5.11 Å². The van der Waals surface area contributed by atoms with Gasteiger partial charge in [0, 0.05) is 0 Å². The number of terminal acetylenes is 1. The molecule has 1 aromatic heterocycles. The topological polar surface area (TPSA) is 42.6 Å². The molecule has 0 aliphatic rings. The van der Waals surface area contributed by atoms with Crippen molar-refractivity contribution in [2.75, 3.05) is 0 Å². The molecule has 0 radical (unpaired) electrons. The van der Waals surface area contributed by atoms with Crippen LogP contribution in [-0.2, 0) is 11.0 Å². The van der Waals surface area contributed by atoms with Gasteiger partial charge in [0.25, 0.3) is 0 Å². The summed E-state index contributed by atoms with van der Waals surface area (Å²) in [5.41, 5.74) is 0. The van der Waals surface area contributed by atoms with Crippen LogP contribution >= 0.6 is 0 Å². The Kier molecular flexibility index (Phi) is 4.44. The zero-order chi connectivity index (χ0) is 14.0. The quantitative estimate of drug-likeness (QED) is 0.670. The van der Waals surface area contributed by atoms with E-state index >= 15 is 0 Å². The Morgan fingerprint density at radius 3 is 2.56 bits per heavy atom. The molecule has 1 atom stereocenters. The highest BCUT2D eigenvalue weighted by Crippen LogP contribution is 2.37. The predicted molar refractivity (Wildman–Crippen MR) is 74.5 cm³/mol. The molecule has 100 valence electrons. The lowest BCUT2D eigenvalue weighted by atomic mass is 10.2. The Hall–Kier alpha value is -1.02. The highest BCUT2D eigenvalue weighted by atomic mass is 28.4. The third kappa shape index (κ3) is 3.48. The fourth-order valence-corrected chi connectivity index (χ4v) is 2.11. The first kappa shape index (κ1) is 15.0. The van der Waals surface area contributed by atoms with Crippen molar-refractivity contribution in [2.24, 2.45) is 0 Å². The van der Waals surface area contributed by atoms with E-state index in [4.69, 9.17) is 15.3 Å². The third-order valence-electron chi connectivity index (χ3n) is 3.49. The second-order valence-corrected chi connectivity index (χ2v) is 10.7. The first-order chi connectivity index (χ1) is 8.17. The van der Waals surface area contributed by atoms with E-state index in [0.29, 0.717) is 18.1 Å². The fraction of sp³-hybridized carbons (Fsp3) is 0.571. The zero-order valence-electron chi connectivity index (χ0n) is 11.8. The lowest BCUT2D eigenvalue weighted by Gasteiger charge is -2.35. The van der Waals surface area contributed by atoms with E-state index in [1.54, 1.807) is 12.1 Å². The maximum absolute atomic E-state index is 9.44. The van der Waals surface area contributed by atoms with Crippen molar-refractivity contribution in [2.45, 2.75) is 51.6 Å². The van der Waals surface area contributed by atoms with Crippen molar-refractivity contribution in [1.82, 2.24) is 0 Å². The van der Waals surface area contributed by atoms with Gasteiger partial charge in [0.05, 0.1) is 6.61 Å². The summed E-state index contributed by atoms with van der Waals surface area (Å²) in [5, 5.41) is 9.61. The summed E-state index contributed by atoms with van der Waals surface area (Å²) in [6.07, 6.45) is 4.15. The molecule has 0 bridgehead atoms. The molecule has 1 N–H and O–H groups in total. The number of rotatable bonds is 4. The van der Waals surface area contributed by atoms with Crippen molar-refractivity contribution in [1.29, 1.82) is 0 Å². The van der Waals surface area contributed by atoms with Crippen LogP contribution < -0.4 is 0 Å². The normalized spacial score (nSPS) is 14.3. The monoisotopic (exact) mass is 266 g/mol. The molecule has 0 aliphatic heterocycles. The first-order valence-corrected chi connectivity index (χ1v) is 8.95. The SMILES string of the molecule is C#CC(O)c1ccc(CO[Si](C)(C)C(C)(C)C)o1. The van der Waals surface area contributed by atoms with Crippen LogP contribution in [0.2, 0.25) is 18.1 Å². The summed E-state index contributed by atoms with van der Waals surface area (Å²) in [4.78, 5) is 0. The van der Waals surface area contributed by atoms with E-state index in [1.807, 2.05) is 0 Å². The molecule has 1 unspecified atom stereocenters. The molecule has 0 aromatic carbocycles. The van der Waals surface area contributed by atoms with Crippen molar-refractivity contribution < 1.29 is 13.9 Å². The van der Waals surface area contributed by atoms with Crippen molar-refractivity contribution in [3.8, 4) is 12.3 Å². The van der Waals surface area contributed by atoms with Gasteiger partial charge in [0.1, 0.15) is 11.5 Å². The number of hydrogen-bond donors (Lipinski definition) is 1. The van der Waals surface area contributed by atoms with Crippen molar-refractivity contribution >= 4 is 8.32 Å². The van der Waals surface area contributed by atoms with E-state index in [0.717, 1.165) is 0 Å². The summed E-state index contributed by atoms with van der Waals surface area (Å²) in [6, 6.07) is 3.48.